The minimum absolute atomic E-state index is 0.220. The van der Waals surface area contributed by atoms with Crippen molar-refractivity contribution in [1.82, 2.24) is 9.80 Å². The molecule has 1 saturated carbocycles. The average Bonchev–Trinajstić information content (AvgIpc) is 3.44. The molecular formula is C26H36FN3O5. The zero-order valence-corrected chi connectivity index (χ0v) is 20.7. The fraction of sp³-hybridized carbons (Fsp3) is 0.692. The van der Waals surface area contributed by atoms with Gasteiger partial charge in [-0.3, -0.25) is 4.90 Å². The highest BCUT2D eigenvalue weighted by Crippen LogP contribution is 2.49. The van der Waals surface area contributed by atoms with Crippen molar-refractivity contribution in [3.63, 3.8) is 0 Å². The summed E-state index contributed by atoms with van der Waals surface area (Å²) < 4.78 is 29.6. The number of rotatable bonds is 4. The van der Waals surface area contributed by atoms with Crippen molar-refractivity contribution in [3.05, 3.63) is 29.6 Å². The van der Waals surface area contributed by atoms with Gasteiger partial charge in [-0.2, -0.15) is 0 Å². The number of nitrogens with zero attached hydrogens (tertiary/aromatic N) is 3. The van der Waals surface area contributed by atoms with Gasteiger partial charge in [0, 0.05) is 37.7 Å². The van der Waals surface area contributed by atoms with Crippen LogP contribution in [0, 0.1) is 11.7 Å². The Kier molecular flexibility index (Phi) is 6.90. The lowest BCUT2D eigenvalue weighted by Crippen LogP contribution is -2.49. The maximum atomic E-state index is 14.2. The van der Waals surface area contributed by atoms with Gasteiger partial charge in [-0.15, -0.1) is 0 Å². The fourth-order valence-corrected chi connectivity index (χ4v) is 6.93. The summed E-state index contributed by atoms with van der Waals surface area (Å²) in [5.74, 6) is 0.241. The van der Waals surface area contributed by atoms with Gasteiger partial charge in [-0.1, -0.05) is 0 Å². The lowest BCUT2D eigenvalue weighted by atomic mass is 9.74. The Labute approximate surface area is 206 Å². The van der Waals surface area contributed by atoms with E-state index in [1.54, 1.807) is 24.1 Å². The second-order valence-corrected chi connectivity index (χ2v) is 10.4. The lowest BCUT2D eigenvalue weighted by molar-refractivity contribution is 0.0436. The number of ether oxygens (including phenoxy) is 3. The average molecular weight is 490 g/mol. The Balaban J connectivity index is 1.25. The summed E-state index contributed by atoms with van der Waals surface area (Å²) in [6, 6.07) is 5.38. The zero-order chi connectivity index (χ0) is 24.6. The van der Waals surface area contributed by atoms with Gasteiger partial charge in [0.1, 0.15) is 12.4 Å². The van der Waals surface area contributed by atoms with Crippen molar-refractivity contribution in [1.29, 1.82) is 0 Å². The van der Waals surface area contributed by atoms with Gasteiger partial charge in [0.05, 0.1) is 19.4 Å². The van der Waals surface area contributed by atoms with Crippen LogP contribution in [-0.2, 0) is 19.6 Å². The van der Waals surface area contributed by atoms with E-state index in [4.69, 9.17) is 14.2 Å². The highest BCUT2D eigenvalue weighted by molar-refractivity contribution is 5.91. The molecule has 2 amide bonds. The van der Waals surface area contributed by atoms with Crippen molar-refractivity contribution < 1.29 is 28.2 Å². The summed E-state index contributed by atoms with van der Waals surface area (Å²) in [6.45, 7) is 3.77. The van der Waals surface area contributed by atoms with Crippen LogP contribution in [-0.4, -0.2) is 87.7 Å². The van der Waals surface area contributed by atoms with Gasteiger partial charge < -0.3 is 24.0 Å². The Morgan fingerprint density at radius 2 is 1.89 bits per heavy atom. The number of piperidine rings is 2. The standard InChI is InChI=1S/C26H36FN3O5/c1-33-12-13-35-25(32)29-9-3-4-18-14-20(16-23(18)29)28-10-7-26(8-11-28)17-30(24(31)34-2)22-6-5-19(27)15-21(22)26/h5-6,15,18,20,23H,3-4,7-14,16-17H2,1-2H3. The van der Waals surface area contributed by atoms with Crippen LogP contribution in [0.2, 0.25) is 0 Å². The molecule has 192 valence electrons. The number of carbonyl (C=O) groups is 2. The van der Waals surface area contributed by atoms with Gasteiger partial charge in [-0.05, 0) is 81.3 Å². The number of anilines is 1. The quantitative estimate of drug-likeness (QED) is 0.600. The molecule has 0 N–H and O–H groups in total. The monoisotopic (exact) mass is 489 g/mol. The summed E-state index contributed by atoms with van der Waals surface area (Å²) in [4.78, 5) is 31.3. The molecule has 1 aromatic carbocycles. The molecule has 9 heteroatoms. The van der Waals surface area contributed by atoms with Crippen LogP contribution in [0.25, 0.3) is 0 Å². The maximum Gasteiger partial charge on any atom is 0.414 e. The number of likely N-dealkylation sites (tertiary alicyclic amines) is 2. The van der Waals surface area contributed by atoms with Crippen molar-refractivity contribution in [2.75, 3.05) is 58.5 Å². The fourth-order valence-electron chi connectivity index (χ4n) is 6.93. The van der Waals surface area contributed by atoms with E-state index in [1.165, 1.54) is 13.2 Å². The number of fused-ring (bicyclic) bond motifs is 3. The summed E-state index contributed by atoms with van der Waals surface area (Å²) in [7, 11) is 2.98. The van der Waals surface area contributed by atoms with Crippen LogP contribution >= 0.6 is 0 Å². The van der Waals surface area contributed by atoms with Crippen molar-refractivity contribution in [2.45, 2.75) is 56.0 Å². The number of benzene rings is 1. The summed E-state index contributed by atoms with van der Waals surface area (Å²) in [5.41, 5.74) is 1.44. The lowest BCUT2D eigenvalue weighted by Gasteiger charge is -2.42. The molecule has 3 unspecified atom stereocenters. The molecule has 1 aliphatic carbocycles. The minimum atomic E-state index is -0.394. The maximum absolute atomic E-state index is 14.2. The van der Waals surface area contributed by atoms with Gasteiger partial charge in [0.25, 0.3) is 0 Å². The van der Waals surface area contributed by atoms with Gasteiger partial charge >= 0.3 is 12.2 Å². The van der Waals surface area contributed by atoms with Crippen LogP contribution in [0.15, 0.2) is 18.2 Å². The molecule has 5 rings (SSSR count). The van der Waals surface area contributed by atoms with Crippen molar-refractivity contribution >= 4 is 17.9 Å². The van der Waals surface area contributed by atoms with E-state index in [0.717, 1.165) is 69.4 Å². The molecule has 0 radical (unpaired) electrons. The van der Waals surface area contributed by atoms with Crippen molar-refractivity contribution in [3.8, 4) is 0 Å². The normalized spacial score (nSPS) is 27.6. The second-order valence-electron chi connectivity index (χ2n) is 10.4. The van der Waals surface area contributed by atoms with Crippen LogP contribution in [0.3, 0.4) is 0 Å². The first-order valence-corrected chi connectivity index (χ1v) is 12.8. The van der Waals surface area contributed by atoms with E-state index in [-0.39, 0.29) is 30.0 Å². The third kappa shape index (κ3) is 4.48. The molecule has 0 aromatic heterocycles. The summed E-state index contributed by atoms with van der Waals surface area (Å²) in [5, 5.41) is 0. The van der Waals surface area contributed by atoms with E-state index in [0.29, 0.717) is 25.1 Å². The number of hydrogen-bond donors (Lipinski definition) is 0. The van der Waals surface area contributed by atoms with E-state index in [1.807, 2.05) is 4.90 Å². The highest BCUT2D eigenvalue weighted by Gasteiger charge is 2.50. The molecule has 3 heterocycles. The molecule has 3 aliphatic heterocycles. The van der Waals surface area contributed by atoms with Crippen molar-refractivity contribution in [2.24, 2.45) is 5.92 Å². The third-order valence-electron chi connectivity index (χ3n) is 8.70. The summed E-state index contributed by atoms with van der Waals surface area (Å²) >= 11 is 0. The van der Waals surface area contributed by atoms with Gasteiger partial charge in [0.15, 0.2) is 0 Å². The SMILES string of the molecule is COCCOC(=O)N1CCCC2CC(N3CCC4(CC3)CN(C(=O)OC)c3ccc(F)cc34)CC21. The van der Waals surface area contributed by atoms with Gasteiger partial charge in [-0.25, -0.2) is 14.0 Å². The molecule has 35 heavy (non-hydrogen) atoms. The van der Waals surface area contributed by atoms with Crippen LogP contribution in [0.4, 0.5) is 19.7 Å². The topological polar surface area (TPSA) is 71.6 Å². The number of carbonyl (C=O) groups excluding carboxylic acids is 2. The predicted octanol–water partition coefficient (Wildman–Crippen LogP) is 3.77. The molecule has 2 saturated heterocycles. The van der Waals surface area contributed by atoms with E-state index >= 15 is 0 Å². The van der Waals surface area contributed by atoms with Crippen LogP contribution in [0.1, 0.15) is 44.1 Å². The van der Waals surface area contributed by atoms with Gasteiger partial charge in [0.2, 0.25) is 0 Å². The summed E-state index contributed by atoms with van der Waals surface area (Å²) in [6.07, 6.45) is 5.35. The number of amides is 2. The molecule has 8 nitrogen and oxygen atoms in total. The number of hydrogen-bond acceptors (Lipinski definition) is 6. The Hall–Kier alpha value is -2.39. The molecule has 1 spiro atoms. The second kappa shape index (κ2) is 9.93. The first-order valence-electron chi connectivity index (χ1n) is 12.8. The third-order valence-corrected chi connectivity index (χ3v) is 8.70. The highest BCUT2D eigenvalue weighted by atomic mass is 19.1. The number of methoxy groups -OCH3 is 2. The largest absolute Gasteiger partial charge is 0.452 e. The van der Waals surface area contributed by atoms with Crippen LogP contribution < -0.4 is 4.90 Å². The minimum Gasteiger partial charge on any atom is -0.452 e. The predicted molar refractivity (Wildman–Crippen MR) is 128 cm³/mol. The van der Waals surface area contributed by atoms with Crippen LogP contribution in [0.5, 0.6) is 0 Å². The molecule has 0 bridgehead atoms. The van der Waals surface area contributed by atoms with E-state index in [2.05, 4.69) is 4.90 Å². The Morgan fingerprint density at radius 1 is 1.09 bits per heavy atom. The number of halogens is 1. The first kappa shape index (κ1) is 24.3. The first-order chi connectivity index (χ1) is 17.0. The smallest absolute Gasteiger partial charge is 0.414 e. The molecule has 4 aliphatic rings. The Morgan fingerprint density at radius 3 is 2.63 bits per heavy atom. The molecule has 3 atom stereocenters. The molecule has 3 fully saturated rings. The van der Waals surface area contributed by atoms with E-state index in [9.17, 15) is 14.0 Å². The Bertz CT molecular complexity index is 951. The van der Waals surface area contributed by atoms with E-state index < -0.39 is 6.09 Å². The molecular weight excluding hydrogens is 453 g/mol. The molecule has 1 aromatic rings. The zero-order valence-electron chi connectivity index (χ0n) is 20.7.